The Morgan fingerprint density at radius 1 is 0.482 bits per heavy atom. The molecule has 1 aliphatic carbocycles. The summed E-state index contributed by atoms with van der Waals surface area (Å²) in [4.78, 5) is 5.34. The monoisotopic (exact) mass is 770 g/mol. The molecule has 0 saturated heterocycles. The molecule has 0 spiro atoms. The van der Waals surface area contributed by atoms with Crippen LogP contribution in [0.5, 0.6) is 0 Å². The Labute approximate surface area is 337 Å². The predicted octanol–water partition coefficient (Wildman–Crippen LogP) is 15.3. The maximum atomic E-state index is 4.35. The first-order chi connectivity index (χ1) is 27.4. The average molecular weight is 771 g/mol. The summed E-state index contributed by atoms with van der Waals surface area (Å²) < 4.78 is 7.47. The van der Waals surface area contributed by atoms with E-state index in [0.717, 1.165) is 16.9 Å². The Bertz CT molecular complexity index is 3390. The van der Waals surface area contributed by atoms with Crippen LogP contribution in [0.15, 0.2) is 166 Å². The zero-order valence-electron chi connectivity index (χ0n) is 30.9. The van der Waals surface area contributed by atoms with E-state index in [1.165, 1.54) is 100 Å². The molecule has 3 aromatic heterocycles. The van der Waals surface area contributed by atoms with Crippen LogP contribution in [0.25, 0.3) is 87.5 Å². The Balaban J connectivity index is 1.07. The van der Waals surface area contributed by atoms with Gasteiger partial charge < -0.3 is 9.13 Å². The summed E-state index contributed by atoms with van der Waals surface area (Å²) in [6.45, 7) is 13.4. The molecule has 2 nitrogen and oxygen atoms in total. The van der Waals surface area contributed by atoms with Crippen LogP contribution in [-0.2, 0) is 5.41 Å². The molecule has 2 aliphatic rings. The highest BCUT2D eigenvalue weighted by Gasteiger charge is 2.38. The van der Waals surface area contributed by atoms with Crippen molar-refractivity contribution in [2.75, 3.05) is 0 Å². The van der Waals surface area contributed by atoms with E-state index in [-0.39, 0.29) is 5.41 Å². The molecule has 7 aromatic carbocycles. The normalized spacial score (nSPS) is 14.0. The van der Waals surface area contributed by atoms with Crippen LogP contribution in [0.4, 0.5) is 0 Å². The van der Waals surface area contributed by atoms with E-state index in [0.29, 0.717) is 0 Å². The van der Waals surface area contributed by atoms with Gasteiger partial charge in [-0.15, -0.1) is 11.3 Å². The maximum Gasteiger partial charge on any atom is 0.0547 e. The van der Waals surface area contributed by atoms with Gasteiger partial charge in [-0.2, -0.15) is 0 Å². The van der Waals surface area contributed by atoms with Crippen molar-refractivity contribution in [2.45, 2.75) is 38.8 Å². The molecule has 0 N–H and O–H groups in total. The summed E-state index contributed by atoms with van der Waals surface area (Å²) >= 11 is 5.65. The summed E-state index contributed by atoms with van der Waals surface area (Å²) in [6, 6.07) is 50.0. The van der Waals surface area contributed by atoms with Crippen molar-refractivity contribution < 1.29 is 0 Å². The highest BCUT2D eigenvalue weighted by atomic mass is 32.2. The quantitative estimate of drug-likeness (QED) is 0.176. The summed E-state index contributed by atoms with van der Waals surface area (Å²) in [6.07, 6.45) is 4.01. The molecule has 0 atom stereocenters. The van der Waals surface area contributed by atoms with Crippen molar-refractivity contribution in [2.24, 2.45) is 0 Å². The largest absolute Gasteiger partial charge is 0.309 e. The van der Waals surface area contributed by atoms with Gasteiger partial charge in [-0.1, -0.05) is 105 Å². The number of para-hydroxylation sites is 1. The molecule has 266 valence electrons. The van der Waals surface area contributed by atoms with Crippen molar-refractivity contribution >= 4 is 99.9 Å². The second-order valence-corrected chi connectivity index (χ2v) is 18.7. The number of hydrogen-bond donors (Lipinski definition) is 0. The van der Waals surface area contributed by atoms with Crippen LogP contribution in [0, 0.1) is 0 Å². The average Bonchev–Trinajstić information content (AvgIpc) is 3.92. The molecule has 0 radical (unpaired) electrons. The first-order valence-corrected chi connectivity index (χ1v) is 21.4. The molecule has 0 fully saturated rings. The van der Waals surface area contributed by atoms with Crippen LogP contribution < -0.4 is 0 Å². The van der Waals surface area contributed by atoms with Gasteiger partial charge in [0.25, 0.3) is 0 Å². The molecule has 56 heavy (non-hydrogen) atoms. The van der Waals surface area contributed by atoms with Gasteiger partial charge in [0.2, 0.25) is 0 Å². The molecule has 4 heterocycles. The molecule has 0 bridgehead atoms. The Morgan fingerprint density at radius 3 is 1.91 bits per heavy atom. The molecule has 5 heteroatoms. The Kier molecular flexibility index (Phi) is 6.77. The number of aromatic nitrogens is 2. The zero-order valence-corrected chi connectivity index (χ0v) is 33.3. The van der Waals surface area contributed by atoms with Gasteiger partial charge in [-0.05, 0) is 113 Å². The molecule has 0 saturated carbocycles. The number of benzene rings is 7. The number of rotatable bonds is 4. The van der Waals surface area contributed by atoms with Crippen LogP contribution in [-0.4, -0.2) is 9.13 Å². The Morgan fingerprint density at radius 2 is 1.11 bits per heavy atom. The minimum Gasteiger partial charge on any atom is -0.309 e. The van der Waals surface area contributed by atoms with Crippen LogP contribution >= 0.6 is 34.9 Å². The standard InChI is InChI=1S/C51H34N2S3/c1-5-31-37-25-39-34(35-27-49-50(28-40(35)51(39,3)4)56-48-18-12-11-17-47(48)55-49)26-44(37)52(41(31)6-2)29-19-21-43-36(23-29)32-13-7-9-15-42(32)53(43)30-20-22-46-38(24-30)33-14-8-10-16-45(33)54-46/h5-28H,1-2H2,3-4H3. The van der Waals surface area contributed by atoms with Crippen molar-refractivity contribution in [3.63, 3.8) is 0 Å². The molecule has 0 amide bonds. The summed E-state index contributed by atoms with van der Waals surface area (Å²) in [5.74, 6) is 0. The van der Waals surface area contributed by atoms with E-state index in [4.69, 9.17) is 0 Å². The first-order valence-electron chi connectivity index (χ1n) is 19.0. The van der Waals surface area contributed by atoms with Gasteiger partial charge >= 0.3 is 0 Å². The third-order valence-corrected chi connectivity index (χ3v) is 15.8. The lowest BCUT2D eigenvalue weighted by molar-refractivity contribution is 0.658. The second kappa shape index (κ2) is 11.7. The minimum absolute atomic E-state index is 0.149. The number of fused-ring (bicyclic) bond motifs is 12. The van der Waals surface area contributed by atoms with Gasteiger partial charge in [0, 0.05) is 78.3 Å². The van der Waals surface area contributed by atoms with Gasteiger partial charge in [0.15, 0.2) is 0 Å². The van der Waals surface area contributed by atoms with Crippen LogP contribution in [0.2, 0.25) is 0 Å². The van der Waals surface area contributed by atoms with Gasteiger partial charge in [0.1, 0.15) is 0 Å². The zero-order chi connectivity index (χ0) is 37.4. The molecule has 0 unspecified atom stereocenters. The van der Waals surface area contributed by atoms with E-state index in [2.05, 4.69) is 170 Å². The molecular formula is C51H34N2S3. The fraction of sp³-hybridized carbons (Fsp3) is 0.0588. The van der Waals surface area contributed by atoms with E-state index >= 15 is 0 Å². The molecule has 10 aromatic rings. The van der Waals surface area contributed by atoms with E-state index < -0.39 is 0 Å². The van der Waals surface area contributed by atoms with Crippen molar-refractivity contribution in [3.8, 4) is 22.5 Å². The SMILES string of the molecule is C=Cc1c(C=C)n(-c2ccc3c(c2)c2ccccc2n3-c2ccc3sc4ccccc4c3c2)c2cc3c(cc12)C(C)(C)c1cc2c(cc1-3)Sc1ccccc1S2. The lowest BCUT2D eigenvalue weighted by Crippen LogP contribution is -2.15. The number of nitrogens with zero attached hydrogens (tertiary/aromatic N) is 2. The van der Waals surface area contributed by atoms with E-state index in [9.17, 15) is 0 Å². The molecule has 1 aliphatic heterocycles. The van der Waals surface area contributed by atoms with Gasteiger partial charge in [0.05, 0.1) is 22.2 Å². The first kappa shape index (κ1) is 32.5. The highest BCUT2D eigenvalue weighted by molar-refractivity contribution is 8.05. The highest BCUT2D eigenvalue weighted by Crippen LogP contribution is 2.56. The Hall–Kier alpha value is -5.72. The predicted molar refractivity (Wildman–Crippen MR) is 243 cm³/mol. The number of thiophene rings is 1. The fourth-order valence-electron chi connectivity index (χ4n) is 9.50. The van der Waals surface area contributed by atoms with Crippen LogP contribution in [0.3, 0.4) is 0 Å². The lowest BCUT2D eigenvalue weighted by atomic mass is 9.82. The van der Waals surface area contributed by atoms with Crippen molar-refractivity contribution in [1.82, 2.24) is 9.13 Å². The second-order valence-electron chi connectivity index (χ2n) is 15.4. The summed E-state index contributed by atoms with van der Waals surface area (Å²) in [5, 5.41) is 6.27. The topological polar surface area (TPSA) is 9.86 Å². The van der Waals surface area contributed by atoms with E-state index in [1.54, 1.807) is 0 Å². The van der Waals surface area contributed by atoms with E-state index in [1.807, 2.05) is 47.0 Å². The van der Waals surface area contributed by atoms with Gasteiger partial charge in [-0.25, -0.2) is 0 Å². The van der Waals surface area contributed by atoms with Crippen molar-refractivity contribution in [3.05, 3.63) is 169 Å². The summed E-state index contributed by atoms with van der Waals surface area (Å²) in [7, 11) is 0. The van der Waals surface area contributed by atoms with Gasteiger partial charge in [-0.3, -0.25) is 0 Å². The van der Waals surface area contributed by atoms with Crippen molar-refractivity contribution in [1.29, 1.82) is 0 Å². The fourth-order valence-corrected chi connectivity index (χ4v) is 12.9. The summed E-state index contributed by atoms with van der Waals surface area (Å²) in [5.41, 5.74) is 13.3. The maximum absolute atomic E-state index is 4.35. The number of hydrogen-bond acceptors (Lipinski definition) is 3. The van der Waals surface area contributed by atoms with Crippen LogP contribution in [0.1, 0.15) is 36.2 Å². The lowest BCUT2D eigenvalue weighted by Gasteiger charge is -2.24. The smallest absolute Gasteiger partial charge is 0.0547 e. The third kappa shape index (κ3) is 4.36. The minimum atomic E-state index is -0.149. The third-order valence-electron chi connectivity index (χ3n) is 12.1. The molecular weight excluding hydrogens is 737 g/mol. The molecule has 12 rings (SSSR count).